The van der Waals surface area contributed by atoms with E-state index in [9.17, 15) is 13.6 Å². The number of carbonyl (C=O) groups is 1. The van der Waals surface area contributed by atoms with E-state index < -0.39 is 17.5 Å². The molecule has 10 heteroatoms. The van der Waals surface area contributed by atoms with Gasteiger partial charge in [0.05, 0.1) is 23.7 Å². The molecule has 4 aromatic rings. The van der Waals surface area contributed by atoms with Crippen molar-refractivity contribution >= 4 is 44.2 Å². The molecule has 6 nitrogen and oxygen atoms in total. The first-order valence-corrected chi connectivity index (χ1v) is 10.5. The van der Waals surface area contributed by atoms with Gasteiger partial charge in [0.25, 0.3) is 5.91 Å². The maximum absolute atomic E-state index is 14.2. The highest BCUT2D eigenvalue weighted by Crippen LogP contribution is 2.33. The zero-order valence-electron chi connectivity index (χ0n) is 16.4. The summed E-state index contributed by atoms with van der Waals surface area (Å²) in [6, 6.07) is 6.72. The smallest absolute Gasteiger partial charge is 0.263 e. The number of ether oxygens (including phenoxy) is 1. The van der Waals surface area contributed by atoms with E-state index in [4.69, 9.17) is 16.3 Å². The molecule has 2 aromatic heterocycles. The van der Waals surface area contributed by atoms with Gasteiger partial charge < -0.3 is 9.30 Å². The number of fused-ring (bicyclic) bond motifs is 1. The second kappa shape index (κ2) is 8.99. The van der Waals surface area contributed by atoms with Crippen LogP contribution in [0.15, 0.2) is 49.1 Å². The number of hydrogen-bond donors (Lipinski definition) is 0. The zero-order valence-corrected chi connectivity index (χ0v) is 18.0. The molecule has 0 spiro atoms. The van der Waals surface area contributed by atoms with E-state index in [1.54, 1.807) is 24.7 Å². The number of rotatable bonds is 7. The molecule has 0 fully saturated rings. The number of amides is 1. The van der Waals surface area contributed by atoms with Crippen molar-refractivity contribution in [3.63, 3.8) is 0 Å². The minimum atomic E-state index is -0.774. The van der Waals surface area contributed by atoms with Crippen LogP contribution in [0.1, 0.15) is 16.8 Å². The van der Waals surface area contributed by atoms with Gasteiger partial charge in [0.2, 0.25) is 0 Å². The van der Waals surface area contributed by atoms with Crippen LogP contribution in [0, 0.1) is 11.6 Å². The minimum absolute atomic E-state index is 0.0202. The third kappa shape index (κ3) is 4.52. The van der Waals surface area contributed by atoms with Gasteiger partial charge in [-0.2, -0.15) is 0 Å². The number of hydrogen-bond acceptors (Lipinski definition) is 5. The molecule has 0 aliphatic heterocycles. The van der Waals surface area contributed by atoms with E-state index in [1.165, 1.54) is 24.1 Å². The molecule has 1 amide bonds. The normalized spacial score (nSPS) is 11.1. The number of anilines is 1. The monoisotopic (exact) mass is 462 g/mol. The van der Waals surface area contributed by atoms with E-state index >= 15 is 0 Å². The van der Waals surface area contributed by atoms with E-state index in [-0.39, 0.29) is 22.8 Å². The molecule has 0 saturated carbocycles. The Morgan fingerprint density at radius 2 is 2.13 bits per heavy atom. The second-order valence-corrected chi connectivity index (χ2v) is 8.13. The number of aryl methyl sites for hydroxylation is 1. The maximum atomic E-state index is 14.2. The van der Waals surface area contributed by atoms with Crippen LogP contribution in [0.25, 0.3) is 10.2 Å². The molecular weight excluding hydrogens is 446 g/mol. The molecule has 160 valence electrons. The van der Waals surface area contributed by atoms with E-state index in [1.807, 2.05) is 10.8 Å². The summed E-state index contributed by atoms with van der Waals surface area (Å²) in [6.07, 6.45) is 5.76. The van der Waals surface area contributed by atoms with Gasteiger partial charge in [-0.3, -0.25) is 9.69 Å². The quantitative estimate of drug-likeness (QED) is 0.380. The van der Waals surface area contributed by atoms with Gasteiger partial charge in [-0.1, -0.05) is 22.9 Å². The Kier molecular flexibility index (Phi) is 6.15. The summed E-state index contributed by atoms with van der Waals surface area (Å²) < 4.78 is 35.4. The van der Waals surface area contributed by atoms with Gasteiger partial charge in [0.1, 0.15) is 17.1 Å². The summed E-state index contributed by atoms with van der Waals surface area (Å²) in [5, 5.41) is 0.636. The fourth-order valence-corrected chi connectivity index (χ4v) is 4.37. The number of aromatic nitrogens is 3. The average Bonchev–Trinajstić information content (AvgIpc) is 3.40. The highest BCUT2D eigenvalue weighted by molar-refractivity contribution is 7.22. The number of halogens is 3. The fourth-order valence-electron chi connectivity index (χ4n) is 3.17. The molecule has 31 heavy (non-hydrogen) atoms. The fraction of sp³-hybridized carbons (Fsp3) is 0.190. The largest absolute Gasteiger partial charge is 0.496 e. The molecule has 0 saturated heterocycles. The van der Waals surface area contributed by atoms with Crippen molar-refractivity contribution in [3.05, 3.63) is 71.3 Å². The van der Waals surface area contributed by atoms with Crippen LogP contribution < -0.4 is 9.64 Å². The third-order valence-electron chi connectivity index (χ3n) is 4.63. The Bertz CT molecular complexity index is 1230. The molecule has 0 aliphatic carbocycles. The Hall–Kier alpha value is -3.04. The molecule has 2 aromatic carbocycles. The van der Waals surface area contributed by atoms with Crippen LogP contribution in [-0.4, -0.2) is 34.1 Å². The molecular formula is C21H17ClF2N4O2S. The highest BCUT2D eigenvalue weighted by atomic mass is 35.5. The number of imidazole rings is 1. The first kappa shape index (κ1) is 21.2. The molecule has 0 bridgehead atoms. The number of methoxy groups -OCH3 is 1. The summed E-state index contributed by atoms with van der Waals surface area (Å²) >= 11 is 7.15. The number of nitrogens with zero attached hydrogens (tertiary/aromatic N) is 4. The van der Waals surface area contributed by atoms with Crippen molar-refractivity contribution in [1.82, 2.24) is 14.5 Å². The Labute approximate surface area is 185 Å². The summed E-state index contributed by atoms with van der Waals surface area (Å²) in [7, 11) is 1.46. The first-order valence-electron chi connectivity index (χ1n) is 9.33. The van der Waals surface area contributed by atoms with E-state index in [2.05, 4.69) is 9.97 Å². The number of benzene rings is 2. The molecule has 0 atom stereocenters. The van der Waals surface area contributed by atoms with Gasteiger partial charge in [-0.15, -0.1) is 0 Å². The van der Waals surface area contributed by atoms with Crippen LogP contribution in [0.5, 0.6) is 5.75 Å². The van der Waals surface area contributed by atoms with Crippen molar-refractivity contribution in [2.45, 2.75) is 13.0 Å². The van der Waals surface area contributed by atoms with Gasteiger partial charge >= 0.3 is 0 Å². The van der Waals surface area contributed by atoms with Crippen molar-refractivity contribution < 1.29 is 18.3 Å². The van der Waals surface area contributed by atoms with Crippen LogP contribution >= 0.6 is 22.9 Å². The molecule has 2 heterocycles. The standard InChI is InChI=1S/C21H17ClF2N4O2S/c1-30-17-4-3-13(22)9-15(17)20(29)28(7-2-6-27-8-5-25-12-27)21-26-19-16(24)10-14(23)11-18(19)31-21/h3-5,8-12H,2,6-7H2,1H3. The average molecular weight is 463 g/mol. The Morgan fingerprint density at radius 1 is 1.29 bits per heavy atom. The Balaban J connectivity index is 1.71. The van der Waals surface area contributed by atoms with E-state index in [0.29, 0.717) is 28.4 Å². The lowest BCUT2D eigenvalue weighted by Crippen LogP contribution is -2.32. The number of thiazole rings is 1. The molecule has 4 rings (SSSR count). The van der Waals surface area contributed by atoms with Gasteiger partial charge in [-0.05, 0) is 30.7 Å². The highest BCUT2D eigenvalue weighted by Gasteiger charge is 2.25. The lowest BCUT2D eigenvalue weighted by atomic mass is 10.1. The molecule has 0 aliphatic rings. The van der Waals surface area contributed by atoms with Crippen LogP contribution in [0.4, 0.5) is 13.9 Å². The lowest BCUT2D eigenvalue weighted by molar-refractivity contribution is 0.0983. The predicted molar refractivity (Wildman–Crippen MR) is 116 cm³/mol. The van der Waals surface area contributed by atoms with Crippen molar-refractivity contribution in [3.8, 4) is 5.75 Å². The lowest BCUT2D eigenvalue weighted by Gasteiger charge is -2.21. The van der Waals surface area contributed by atoms with Gasteiger partial charge in [0, 0.05) is 36.6 Å². The number of carbonyl (C=O) groups excluding carboxylic acids is 1. The van der Waals surface area contributed by atoms with Gasteiger partial charge in [0.15, 0.2) is 10.9 Å². The van der Waals surface area contributed by atoms with Crippen molar-refractivity contribution in [1.29, 1.82) is 0 Å². The SMILES string of the molecule is COc1ccc(Cl)cc1C(=O)N(CCCn1ccnc1)c1nc2c(F)cc(F)cc2s1. The predicted octanol–water partition coefficient (Wildman–Crippen LogP) is 5.17. The third-order valence-corrected chi connectivity index (χ3v) is 5.89. The van der Waals surface area contributed by atoms with Crippen molar-refractivity contribution in [2.24, 2.45) is 0 Å². The zero-order chi connectivity index (χ0) is 22.0. The summed E-state index contributed by atoms with van der Waals surface area (Å²) in [6.45, 7) is 0.904. The summed E-state index contributed by atoms with van der Waals surface area (Å²) in [5.41, 5.74) is 0.274. The topological polar surface area (TPSA) is 60.2 Å². The van der Waals surface area contributed by atoms with Crippen LogP contribution in [0.2, 0.25) is 5.02 Å². The molecule has 0 N–H and O–H groups in total. The van der Waals surface area contributed by atoms with Crippen LogP contribution in [0.3, 0.4) is 0 Å². The second-order valence-electron chi connectivity index (χ2n) is 6.69. The molecule has 0 unspecified atom stereocenters. The van der Waals surface area contributed by atoms with Crippen LogP contribution in [-0.2, 0) is 6.54 Å². The van der Waals surface area contributed by atoms with E-state index in [0.717, 1.165) is 17.4 Å². The first-order chi connectivity index (χ1) is 15.0. The maximum Gasteiger partial charge on any atom is 0.263 e. The molecule has 0 radical (unpaired) electrons. The van der Waals surface area contributed by atoms with Crippen molar-refractivity contribution in [2.75, 3.05) is 18.6 Å². The summed E-state index contributed by atoms with van der Waals surface area (Å²) in [4.78, 5) is 23.2. The van der Waals surface area contributed by atoms with Gasteiger partial charge in [-0.25, -0.2) is 18.7 Å². The minimum Gasteiger partial charge on any atom is -0.496 e. The summed E-state index contributed by atoms with van der Waals surface area (Å²) in [5.74, 6) is -1.52. The Morgan fingerprint density at radius 3 is 2.87 bits per heavy atom.